The summed E-state index contributed by atoms with van der Waals surface area (Å²) in [6, 6.07) is 28.0. The molecule has 204 valence electrons. The summed E-state index contributed by atoms with van der Waals surface area (Å²) in [5.74, 6) is 1.84. The highest BCUT2D eigenvalue weighted by Gasteiger charge is 2.25. The SMILES string of the molecule is CCOc1cc([C@H](C[N+](=O)[O-])Sc2nnc(C)n2-c2ccc(C)cc2)ccc1OCc1ccc2ccccc2c1. The lowest BCUT2D eigenvalue weighted by Gasteiger charge is -2.17. The molecule has 5 aromatic rings. The molecule has 0 fully saturated rings. The Balaban J connectivity index is 1.41. The van der Waals surface area contributed by atoms with Gasteiger partial charge in [0.1, 0.15) is 17.7 Å². The molecule has 5 rings (SSSR count). The molecular weight excluding hydrogens is 524 g/mol. The number of fused-ring (bicyclic) bond motifs is 1. The number of hydrogen-bond donors (Lipinski definition) is 0. The van der Waals surface area contributed by atoms with Gasteiger partial charge in [0.25, 0.3) is 0 Å². The van der Waals surface area contributed by atoms with Gasteiger partial charge in [-0.15, -0.1) is 10.2 Å². The lowest BCUT2D eigenvalue weighted by Crippen LogP contribution is -2.11. The molecule has 0 aliphatic carbocycles. The van der Waals surface area contributed by atoms with E-state index in [0.717, 1.165) is 27.8 Å². The van der Waals surface area contributed by atoms with Crippen molar-refractivity contribution in [1.82, 2.24) is 14.8 Å². The number of nitro groups is 1. The van der Waals surface area contributed by atoms with E-state index >= 15 is 0 Å². The van der Waals surface area contributed by atoms with Crippen molar-refractivity contribution in [1.29, 1.82) is 0 Å². The minimum absolute atomic E-state index is 0.284. The van der Waals surface area contributed by atoms with Crippen LogP contribution in [0.15, 0.2) is 90.1 Å². The van der Waals surface area contributed by atoms with Crippen LogP contribution in [0.3, 0.4) is 0 Å². The third-order valence-corrected chi connectivity index (χ3v) is 7.68. The number of rotatable bonds is 11. The largest absolute Gasteiger partial charge is 0.490 e. The minimum Gasteiger partial charge on any atom is -0.490 e. The highest BCUT2D eigenvalue weighted by molar-refractivity contribution is 7.99. The van der Waals surface area contributed by atoms with Crippen molar-refractivity contribution in [2.45, 2.75) is 37.8 Å². The van der Waals surface area contributed by atoms with E-state index in [1.807, 2.05) is 86.0 Å². The lowest BCUT2D eigenvalue weighted by atomic mass is 10.1. The van der Waals surface area contributed by atoms with E-state index in [0.29, 0.717) is 35.7 Å². The number of nitrogens with zero attached hydrogens (tertiary/aromatic N) is 4. The third kappa shape index (κ3) is 6.26. The Kier molecular flexibility index (Phi) is 8.31. The molecule has 8 nitrogen and oxygen atoms in total. The van der Waals surface area contributed by atoms with Gasteiger partial charge >= 0.3 is 0 Å². The van der Waals surface area contributed by atoms with E-state index in [-0.39, 0.29) is 11.5 Å². The maximum Gasteiger partial charge on any atom is 0.220 e. The Hall–Kier alpha value is -4.37. The summed E-state index contributed by atoms with van der Waals surface area (Å²) in [5, 5.41) is 22.7. The normalized spacial score (nSPS) is 11.9. The van der Waals surface area contributed by atoms with E-state index in [2.05, 4.69) is 34.5 Å². The van der Waals surface area contributed by atoms with Crippen LogP contribution in [0.4, 0.5) is 0 Å². The lowest BCUT2D eigenvalue weighted by molar-refractivity contribution is -0.479. The maximum absolute atomic E-state index is 11.7. The maximum atomic E-state index is 11.7. The predicted octanol–water partition coefficient (Wildman–Crippen LogP) is 7.13. The van der Waals surface area contributed by atoms with Crippen molar-refractivity contribution in [3.05, 3.63) is 118 Å². The fourth-order valence-electron chi connectivity index (χ4n) is 4.49. The molecule has 4 aromatic carbocycles. The van der Waals surface area contributed by atoms with Crippen LogP contribution in [0, 0.1) is 24.0 Å². The fraction of sp³-hybridized carbons (Fsp3) is 0.226. The summed E-state index contributed by atoms with van der Waals surface area (Å²) >= 11 is 1.31. The quantitative estimate of drug-likeness (QED) is 0.0974. The summed E-state index contributed by atoms with van der Waals surface area (Å²) < 4.78 is 14.0. The molecule has 0 saturated carbocycles. The zero-order chi connectivity index (χ0) is 28.1. The highest BCUT2D eigenvalue weighted by atomic mass is 32.2. The van der Waals surface area contributed by atoms with Crippen LogP contribution >= 0.6 is 11.8 Å². The van der Waals surface area contributed by atoms with Gasteiger partial charge in [0, 0.05) is 10.6 Å². The second kappa shape index (κ2) is 12.2. The van der Waals surface area contributed by atoms with Gasteiger partial charge in [-0.2, -0.15) is 0 Å². The Morgan fingerprint density at radius 3 is 2.42 bits per heavy atom. The average Bonchev–Trinajstić information content (AvgIpc) is 3.31. The van der Waals surface area contributed by atoms with Crippen LogP contribution in [0.25, 0.3) is 16.5 Å². The predicted molar refractivity (Wildman–Crippen MR) is 157 cm³/mol. The molecule has 1 heterocycles. The first-order chi connectivity index (χ1) is 19.4. The van der Waals surface area contributed by atoms with Gasteiger partial charge in [-0.3, -0.25) is 14.7 Å². The van der Waals surface area contributed by atoms with Crippen molar-refractivity contribution in [3.63, 3.8) is 0 Å². The molecule has 0 aliphatic rings. The molecule has 9 heteroatoms. The Bertz CT molecular complexity index is 1630. The van der Waals surface area contributed by atoms with E-state index in [4.69, 9.17) is 9.47 Å². The number of benzene rings is 4. The van der Waals surface area contributed by atoms with Crippen molar-refractivity contribution < 1.29 is 14.4 Å². The van der Waals surface area contributed by atoms with Gasteiger partial charge in [-0.1, -0.05) is 71.9 Å². The molecule has 0 saturated heterocycles. The molecule has 0 aliphatic heterocycles. The molecule has 0 N–H and O–H groups in total. The third-order valence-electron chi connectivity index (χ3n) is 6.50. The molecule has 1 atom stereocenters. The number of aromatic nitrogens is 3. The van der Waals surface area contributed by atoms with Crippen molar-refractivity contribution in [3.8, 4) is 17.2 Å². The van der Waals surface area contributed by atoms with Crippen molar-refractivity contribution in [2.24, 2.45) is 0 Å². The number of hydrogen-bond acceptors (Lipinski definition) is 7. The van der Waals surface area contributed by atoms with Crippen LogP contribution in [-0.4, -0.2) is 32.8 Å². The first-order valence-corrected chi connectivity index (χ1v) is 13.9. The van der Waals surface area contributed by atoms with Gasteiger partial charge in [0.2, 0.25) is 6.54 Å². The monoisotopic (exact) mass is 554 g/mol. The molecule has 0 bridgehead atoms. The smallest absolute Gasteiger partial charge is 0.220 e. The van der Waals surface area contributed by atoms with Crippen LogP contribution in [0.2, 0.25) is 0 Å². The second-order valence-electron chi connectivity index (χ2n) is 9.43. The van der Waals surface area contributed by atoms with Crippen LogP contribution < -0.4 is 9.47 Å². The number of ether oxygens (including phenoxy) is 2. The molecular formula is C31H30N4O4S. The second-order valence-corrected chi connectivity index (χ2v) is 10.6. The van der Waals surface area contributed by atoms with E-state index in [1.165, 1.54) is 17.1 Å². The van der Waals surface area contributed by atoms with Crippen LogP contribution in [0.5, 0.6) is 11.5 Å². The zero-order valence-corrected chi connectivity index (χ0v) is 23.4. The Morgan fingerprint density at radius 1 is 0.900 bits per heavy atom. The van der Waals surface area contributed by atoms with Crippen molar-refractivity contribution in [2.75, 3.05) is 13.2 Å². The Labute approximate surface area is 237 Å². The molecule has 0 spiro atoms. The van der Waals surface area contributed by atoms with Gasteiger partial charge in [-0.25, -0.2) is 0 Å². The molecule has 1 aromatic heterocycles. The van der Waals surface area contributed by atoms with Gasteiger partial charge in [-0.05, 0) is 73.0 Å². The summed E-state index contributed by atoms with van der Waals surface area (Å²) in [7, 11) is 0. The summed E-state index contributed by atoms with van der Waals surface area (Å²) in [6.45, 7) is 6.31. The first-order valence-electron chi connectivity index (χ1n) is 13.1. The summed E-state index contributed by atoms with van der Waals surface area (Å²) in [5.41, 5.74) is 3.83. The topological polar surface area (TPSA) is 92.3 Å². The minimum atomic E-state index is -0.517. The Morgan fingerprint density at radius 2 is 1.68 bits per heavy atom. The van der Waals surface area contributed by atoms with E-state index < -0.39 is 5.25 Å². The first kappa shape index (κ1) is 27.2. The summed E-state index contributed by atoms with van der Waals surface area (Å²) in [6.07, 6.45) is 0. The van der Waals surface area contributed by atoms with Crippen molar-refractivity contribution >= 4 is 22.5 Å². The molecule has 0 unspecified atom stereocenters. The number of aryl methyl sites for hydroxylation is 2. The van der Waals surface area contributed by atoms with E-state index in [1.54, 1.807) is 0 Å². The molecule has 0 radical (unpaired) electrons. The number of thioether (sulfide) groups is 1. The van der Waals surface area contributed by atoms with Crippen LogP contribution in [0.1, 0.15) is 34.7 Å². The van der Waals surface area contributed by atoms with Gasteiger partial charge < -0.3 is 9.47 Å². The fourth-order valence-corrected chi connectivity index (χ4v) is 5.65. The standard InChI is InChI=1S/C31H30N4O4S/c1-4-38-29-18-26(13-16-28(29)39-20-23-11-12-24-7-5-6-8-25(24)17-23)30(19-34(36)37)40-31-33-32-22(3)35(31)27-14-9-21(2)10-15-27/h5-18,30H,4,19-20H2,1-3H3/t30-/m0/s1. The summed E-state index contributed by atoms with van der Waals surface area (Å²) in [4.78, 5) is 11.4. The van der Waals surface area contributed by atoms with Crippen LogP contribution in [-0.2, 0) is 6.61 Å². The van der Waals surface area contributed by atoms with E-state index in [9.17, 15) is 10.1 Å². The average molecular weight is 555 g/mol. The zero-order valence-electron chi connectivity index (χ0n) is 22.6. The van der Waals surface area contributed by atoms with Gasteiger partial charge in [0.15, 0.2) is 16.7 Å². The highest BCUT2D eigenvalue weighted by Crippen LogP contribution is 2.40. The molecule has 0 amide bonds. The molecule has 40 heavy (non-hydrogen) atoms. The van der Waals surface area contributed by atoms with Gasteiger partial charge in [0.05, 0.1) is 6.61 Å².